The fourth-order valence-corrected chi connectivity index (χ4v) is 2.47. The monoisotopic (exact) mass is 323 g/mol. The van der Waals surface area contributed by atoms with Crippen molar-refractivity contribution >= 4 is 17.3 Å². The number of halogens is 1. The highest BCUT2D eigenvalue weighted by Gasteiger charge is 2.14. The summed E-state index contributed by atoms with van der Waals surface area (Å²) < 4.78 is 0. The molecule has 1 aromatic heterocycles. The Balaban J connectivity index is 2.10. The molecule has 0 radical (unpaired) electrons. The van der Waals surface area contributed by atoms with Crippen LogP contribution in [-0.2, 0) is 0 Å². The third kappa shape index (κ3) is 2.93. The van der Waals surface area contributed by atoms with Gasteiger partial charge in [-0.15, -0.1) is 0 Å². The van der Waals surface area contributed by atoms with Gasteiger partial charge < -0.3 is 4.98 Å². The standard InChI is InChI=1S/C17H10ClN3O2/c18-13-6-4-11(5-7-13)16-9-15(17(10-19)20-16)12-2-1-3-14(8-12)21(22)23/h1-9,20H. The molecule has 0 spiro atoms. The van der Waals surface area contributed by atoms with Gasteiger partial charge in [-0.2, -0.15) is 5.26 Å². The summed E-state index contributed by atoms with van der Waals surface area (Å²) in [6, 6.07) is 17.3. The van der Waals surface area contributed by atoms with E-state index in [-0.39, 0.29) is 5.69 Å². The molecule has 1 N–H and O–H groups in total. The lowest BCUT2D eigenvalue weighted by molar-refractivity contribution is -0.384. The van der Waals surface area contributed by atoms with E-state index in [2.05, 4.69) is 11.1 Å². The first-order chi connectivity index (χ1) is 11.1. The normalized spacial score (nSPS) is 10.3. The molecule has 5 nitrogen and oxygen atoms in total. The largest absolute Gasteiger partial charge is 0.346 e. The molecule has 112 valence electrons. The van der Waals surface area contributed by atoms with Gasteiger partial charge in [0, 0.05) is 28.4 Å². The summed E-state index contributed by atoms with van der Waals surface area (Å²) in [4.78, 5) is 13.5. The van der Waals surface area contributed by atoms with E-state index in [9.17, 15) is 15.4 Å². The van der Waals surface area contributed by atoms with Crippen LogP contribution in [0.5, 0.6) is 0 Å². The first-order valence-electron chi connectivity index (χ1n) is 6.72. The van der Waals surface area contributed by atoms with Crippen LogP contribution in [0.1, 0.15) is 5.69 Å². The zero-order valence-electron chi connectivity index (χ0n) is 11.8. The lowest BCUT2D eigenvalue weighted by atomic mass is 10.0. The summed E-state index contributed by atoms with van der Waals surface area (Å²) >= 11 is 5.88. The number of rotatable bonds is 3. The van der Waals surface area contributed by atoms with Crippen molar-refractivity contribution in [1.29, 1.82) is 5.26 Å². The SMILES string of the molecule is N#Cc1[nH]c(-c2ccc(Cl)cc2)cc1-c1cccc([N+](=O)[O-])c1. The smallest absolute Gasteiger partial charge is 0.270 e. The molecule has 0 aliphatic heterocycles. The van der Waals surface area contributed by atoms with E-state index in [0.29, 0.717) is 21.8 Å². The third-order valence-electron chi connectivity index (χ3n) is 3.45. The fourth-order valence-electron chi connectivity index (χ4n) is 2.34. The van der Waals surface area contributed by atoms with Crippen molar-refractivity contribution in [3.8, 4) is 28.5 Å². The Kier molecular flexibility index (Phi) is 3.83. The number of benzene rings is 2. The molecule has 1 heterocycles. The molecule has 2 aromatic carbocycles. The molecule has 0 unspecified atom stereocenters. The Labute approximate surface area is 136 Å². The van der Waals surface area contributed by atoms with E-state index >= 15 is 0 Å². The number of nitro benzene ring substituents is 1. The molecular weight excluding hydrogens is 314 g/mol. The van der Waals surface area contributed by atoms with E-state index in [1.807, 2.05) is 12.1 Å². The average Bonchev–Trinajstić information content (AvgIpc) is 3.00. The summed E-state index contributed by atoms with van der Waals surface area (Å²) in [5.74, 6) is 0. The van der Waals surface area contributed by atoms with Crippen molar-refractivity contribution in [2.75, 3.05) is 0 Å². The molecule has 0 amide bonds. The van der Waals surface area contributed by atoms with Crippen molar-refractivity contribution < 1.29 is 4.92 Å². The summed E-state index contributed by atoms with van der Waals surface area (Å²) in [5, 5.41) is 20.9. The number of nitrogens with zero attached hydrogens (tertiary/aromatic N) is 2. The maximum atomic E-state index is 10.9. The number of nitrogens with one attached hydrogen (secondary N) is 1. The quantitative estimate of drug-likeness (QED) is 0.556. The summed E-state index contributed by atoms with van der Waals surface area (Å²) in [6.07, 6.45) is 0. The molecule has 0 saturated heterocycles. The minimum absolute atomic E-state index is 0.0133. The maximum absolute atomic E-state index is 10.9. The molecule has 23 heavy (non-hydrogen) atoms. The zero-order chi connectivity index (χ0) is 16.4. The second kappa shape index (κ2) is 5.95. The van der Waals surface area contributed by atoms with Crippen LogP contribution in [0.2, 0.25) is 5.02 Å². The lowest BCUT2D eigenvalue weighted by Gasteiger charge is -1.99. The highest BCUT2D eigenvalue weighted by molar-refractivity contribution is 6.30. The Morgan fingerprint density at radius 2 is 1.83 bits per heavy atom. The maximum Gasteiger partial charge on any atom is 0.270 e. The average molecular weight is 324 g/mol. The highest BCUT2D eigenvalue weighted by atomic mass is 35.5. The van der Waals surface area contributed by atoms with Gasteiger partial charge >= 0.3 is 0 Å². The molecule has 0 fully saturated rings. The van der Waals surface area contributed by atoms with E-state index in [1.54, 1.807) is 30.3 Å². The number of hydrogen-bond acceptors (Lipinski definition) is 3. The molecule has 6 heteroatoms. The zero-order valence-corrected chi connectivity index (χ0v) is 12.5. The molecule has 0 saturated carbocycles. The van der Waals surface area contributed by atoms with Crippen LogP contribution in [-0.4, -0.2) is 9.91 Å². The third-order valence-corrected chi connectivity index (χ3v) is 3.70. The molecule has 3 aromatic rings. The van der Waals surface area contributed by atoms with Crippen molar-refractivity contribution in [2.24, 2.45) is 0 Å². The Hall–Kier alpha value is -3.10. The summed E-state index contributed by atoms with van der Waals surface area (Å²) in [5.41, 5.74) is 3.21. The Morgan fingerprint density at radius 3 is 2.48 bits per heavy atom. The van der Waals surface area contributed by atoms with Gasteiger partial charge in [-0.3, -0.25) is 10.1 Å². The predicted molar refractivity (Wildman–Crippen MR) is 88.0 cm³/mol. The van der Waals surface area contributed by atoms with Gasteiger partial charge in [0.25, 0.3) is 5.69 Å². The minimum Gasteiger partial charge on any atom is -0.346 e. The fraction of sp³-hybridized carbons (Fsp3) is 0. The van der Waals surface area contributed by atoms with Crippen LogP contribution in [0.15, 0.2) is 54.6 Å². The van der Waals surface area contributed by atoms with E-state index in [1.165, 1.54) is 12.1 Å². The molecule has 0 bridgehead atoms. The number of aromatic nitrogens is 1. The number of aromatic amines is 1. The first-order valence-corrected chi connectivity index (χ1v) is 7.10. The van der Waals surface area contributed by atoms with Crippen molar-refractivity contribution in [3.05, 3.63) is 75.4 Å². The van der Waals surface area contributed by atoms with Gasteiger partial charge in [0.05, 0.1) is 4.92 Å². The van der Waals surface area contributed by atoms with Crippen LogP contribution < -0.4 is 0 Å². The molecule has 0 atom stereocenters. The second-order valence-electron chi connectivity index (χ2n) is 4.90. The summed E-state index contributed by atoms with van der Waals surface area (Å²) in [7, 11) is 0. The van der Waals surface area contributed by atoms with E-state index in [0.717, 1.165) is 11.3 Å². The van der Waals surface area contributed by atoms with Crippen molar-refractivity contribution in [1.82, 2.24) is 4.98 Å². The minimum atomic E-state index is -0.456. The van der Waals surface area contributed by atoms with Gasteiger partial charge in [0.15, 0.2) is 0 Å². The molecule has 3 rings (SSSR count). The number of nitro groups is 1. The highest BCUT2D eigenvalue weighted by Crippen LogP contribution is 2.31. The molecule has 0 aliphatic carbocycles. The van der Waals surface area contributed by atoms with Crippen molar-refractivity contribution in [2.45, 2.75) is 0 Å². The van der Waals surface area contributed by atoms with Crippen LogP contribution in [0.3, 0.4) is 0 Å². The molecule has 0 aliphatic rings. The van der Waals surface area contributed by atoms with Gasteiger partial charge in [0.2, 0.25) is 0 Å². The Bertz CT molecular complexity index is 924. The van der Waals surface area contributed by atoms with Crippen LogP contribution >= 0.6 is 11.6 Å². The van der Waals surface area contributed by atoms with Crippen LogP contribution in [0, 0.1) is 21.4 Å². The number of non-ortho nitro benzene ring substituents is 1. The van der Waals surface area contributed by atoms with E-state index in [4.69, 9.17) is 11.6 Å². The Morgan fingerprint density at radius 1 is 1.09 bits per heavy atom. The lowest BCUT2D eigenvalue weighted by Crippen LogP contribution is -1.88. The van der Waals surface area contributed by atoms with Crippen LogP contribution in [0.4, 0.5) is 5.69 Å². The number of H-pyrrole nitrogens is 1. The van der Waals surface area contributed by atoms with Crippen LogP contribution in [0.25, 0.3) is 22.4 Å². The summed E-state index contributed by atoms with van der Waals surface area (Å²) in [6.45, 7) is 0. The topological polar surface area (TPSA) is 82.7 Å². The van der Waals surface area contributed by atoms with Gasteiger partial charge in [-0.1, -0.05) is 35.9 Å². The van der Waals surface area contributed by atoms with Crippen molar-refractivity contribution in [3.63, 3.8) is 0 Å². The first kappa shape index (κ1) is 14.8. The second-order valence-corrected chi connectivity index (χ2v) is 5.33. The van der Waals surface area contributed by atoms with Gasteiger partial charge in [-0.25, -0.2) is 0 Å². The molecular formula is C17H10ClN3O2. The number of hydrogen-bond donors (Lipinski definition) is 1. The van der Waals surface area contributed by atoms with Gasteiger partial charge in [-0.05, 0) is 29.3 Å². The number of nitriles is 1. The predicted octanol–water partition coefficient (Wildman–Crippen LogP) is 4.78. The van der Waals surface area contributed by atoms with Gasteiger partial charge in [0.1, 0.15) is 11.8 Å². The van der Waals surface area contributed by atoms with E-state index < -0.39 is 4.92 Å².